The molecule has 0 atom stereocenters. The van der Waals surface area contributed by atoms with Crippen molar-refractivity contribution in [2.75, 3.05) is 0 Å². The lowest BCUT2D eigenvalue weighted by atomic mass is 10.5. The summed E-state index contributed by atoms with van der Waals surface area (Å²) in [5.74, 6) is -0.694. The van der Waals surface area contributed by atoms with E-state index in [0.717, 1.165) is 0 Å². The Balaban J connectivity index is 1.90. The summed E-state index contributed by atoms with van der Waals surface area (Å²) in [4.78, 5) is 29.5. The minimum Gasteiger partial charge on any atom is -0.480 e. The van der Waals surface area contributed by atoms with Crippen LogP contribution in [0.1, 0.15) is 11.6 Å². The van der Waals surface area contributed by atoms with Gasteiger partial charge in [-0.3, -0.25) is 9.59 Å². The topological polar surface area (TPSA) is 122 Å². The summed E-state index contributed by atoms with van der Waals surface area (Å²) in [5.41, 5.74) is 0. The van der Waals surface area contributed by atoms with E-state index in [1.54, 1.807) is 12.4 Å². The number of aliphatic carboxylic acids is 2. The average molecular weight is 293 g/mol. The molecule has 9 nitrogen and oxygen atoms in total. The van der Waals surface area contributed by atoms with E-state index in [-0.39, 0.29) is 13.1 Å². The molecule has 0 aliphatic heterocycles. The molecule has 0 saturated carbocycles. The molecule has 0 fully saturated rings. The monoisotopic (exact) mass is 293 g/mol. The van der Waals surface area contributed by atoms with Crippen molar-refractivity contribution in [3.05, 3.63) is 36.4 Å². The molecule has 0 aromatic carbocycles. The molecule has 2 aromatic heterocycles. The van der Waals surface area contributed by atoms with Crippen LogP contribution < -0.4 is 5.32 Å². The molecule has 0 aliphatic carbocycles. The molecule has 2 rings (SSSR count). The van der Waals surface area contributed by atoms with Crippen LogP contribution in [0.25, 0.3) is 0 Å². The lowest BCUT2D eigenvalue weighted by molar-refractivity contribution is -0.138. The summed E-state index contributed by atoms with van der Waals surface area (Å²) in [6.45, 7) is 0.426. The quantitative estimate of drug-likeness (QED) is 0.601. The van der Waals surface area contributed by atoms with Crippen molar-refractivity contribution >= 4 is 11.9 Å². The third kappa shape index (κ3) is 4.14. The first-order chi connectivity index (χ1) is 10.1. The first-order valence-electron chi connectivity index (χ1n) is 6.20. The Labute approximate surface area is 119 Å². The van der Waals surface area contributed by atoms with Crippen LogP contribution in [0, 0.1) is 0 Å². The fraction of sp³-hybridized carbons (Fsp3) is 0.333. The second-order valence-electron chi connectivity index (χ2n) is 4.33. The number of hydrogen-bond donors (Lipinski definition) is 3. The standard InChI is InChI=1S/C12H15N5O4/c18-11(19)7-16-3-1-14-9(16)5-13-6-10-15-2-4-17(10)8-12(20)21/h1-4,13H,5-8H2,(H,18,19)(H,20,21). The average Bonchev–Trinajstić information content (AvgIpc) is 2.99. The van der Waals surface area contributed by atoms with Gasteiger partial charge in [-0.05, 0) is 0 Å². The molecule has 9 heteroatoms. The zero-order valence-corrected chi connectivity index (χ0v) is 11.1. The summed E-state index contributed by atoms with van der Waals surface area (Å²) in [6, 6.07) is 0. The molecule has 2 aromatic rings. The second-order valence-corrected chi connectivity index (χ2v) is 4.33. The Morgan fingerprint density at radius 1 is 0.952 bits per heavy atom. The van der Waals surface area contributed by atoms with Gasteiger partial charge in [-0.1, -0.05) is 0 Å². The van der Waals surface area contributed by atoms with Crippen molar-refractivity contribution in [2.45, 2.75) is 26.2 Å². The fourth-order valence-corrected chi connectivity index (χ4v) is 1.88. The Hall–Kier alpha value is -2.68. The molecule has 0 spiro atoms. The summed E-state index contributed by atoms with van der Waals surface area (Å²) in [7, 11) is 0. The van der Waals surface area contributed by atoms with Crippen molar-refractivity contribution in [2.24, 2.45) is 0 Å². The van der Waals surface area contributed by atoms with Crippen molar-refractivity contribution in [1.29, 1.82) is 0 Å². The Kier molecular flexibility index (Phi) is 4.67. The van der Waals surface area contributed by atoms with Gasteiger partial charge < -0.3 is 24.7 Å². The van der Waals surface area contributed by atoms with Gasteiger partial charge in [0, 0.05) is 24.8 Å². The predicted molar refractivity (Wildman–Crippen MR) is 70.3 cm³/mol. The van der Waals surface area contributed by atoms with Gasteiger partial charge in [-0.15, -0.1) is 0 Å². The van der Waals surface area contributed by atoms with Crippen LogP contribution in [0.3, 0.4) is 0 Å². The molecule has 2 heterocycles. The molecule has 112 valence electrons. The Morgan fingerprint density at radius 3 is 1.76 bits per heavy atom. The van der Waals surface area contributed by atoms with E-state index in [4.69, 9.17) is 10.2 Å². The molecule has 0 unspecified atom stereocenters. The molecular formula is C12H15N5O4. The van der Waals surface area contributed by atoms with E-state index in [9.17, 15) is 9.59 Å². The molecule has 0 amide bonds. The maximum Gasteiger partial charge on any atom is 0.323 e. The zero-order chi connectivity index (χ0) is 15.2. The summed E-state index contributed by atoms with van der Waals surface area (Å²) in [6.07, 6.45) is 6.25. The minimum atomic E-state index is -0.939. The van der Waals surface area contributed by atoms with Crippen LogP contribution in [0.5, 0.6) is 0 Å². The van der Waals surface area contributed by atoms with E-state index in [0.29, 0.717) is 24.7 Å². The Bertz CT molecular complexity index is 579. The van der Waals surface area contributed by atoms with E-state index in [2.05, 4.69) is 15.3 Å². The highest BCUT2D eigenvalue weighted by molar-refractivity contribution is 5.66. The van der Waals surface area contributed by atoms with Crippen LogP contribution in [-0.2, 0) is 35.8 Å². The number of carboxylic acid groups (broad SMARTS) is 2. The number of aromatic nitrogens is 4. The van der Waals surface area contributed by atoms with Crippen LogP contribution in [0.2, 0.25) is 0 Å². The largest absolute Gasteiger partial charge is 0.480 e. The fourth-order valence-electron chi connectivity index (χ4n) is 1.88. The number of hydrogen-bond acceptors (Lipinski definition) is 5. The normalized spacial score (nSPS) is 10.7. The lowest BCUT2D eigenvalue weighted by Crippen LogP contribution is -2.21. The lowest BCUT2D eigenvalue weighted by Gasteiger charge is -2.08. The first kappa shape index (κ1) is 14.7. The zero-order valence-electron chi connectivity index (χ0n) is 11.1. The van der Waals surface area contributed by atoms with Gasteiger partial charge in [0.25, 0.3) is 0 Å². The van der Waals surface area contributed by atoms with Crippen molar-refractivity contribution in [3.63, 3.8) is 0 Å². The number of nitrogens with one attached hydrogen (secondary N) is 1. The summed E-state index contributed by atoms with van der Waals surface area (Å²) in [5, 5.41) is 20.6. The van der Waals surface area contributed by atoms with Gasteiger partial charge in [0.2, 0.25) is 0 Å². The molecule has 0 aliphatic rings. The number of imidazole rings is 2. The first-order valence-corrected chi connectivity index (χ1v) is 6.20. The van der Waals surface area contributed by atoms with Crippen LogP contribution in [-0.4, -0.2) is 41.3 Å². The van der Waals surface area contributed by atoms with Crippen LogP contribution in [0.4, 0.5) is 0 Å². The SMILES string of the molecule is O=C(O)Cn1ccnc1CNCc1nccn1CC(=O)O. The summed E-state index contributed by atoms with van der Waals surface area (Å²) >= 11 is 0. The van der Waals surface area contributed by atoms with Crippen LogP contribution >= 0.6 is 0 Å². The predicted octanol–water partition coefficient (Wildman–Crippen LogP) is -0.461. The van der Waals surface area contributed by atoms with Crippen LogP contribution in [0.15, 0.2) is 24.8 Å². The molecule has 3 N–H and O–H groups in total. The number of nitrogens with zero attached hydrogens (tertiary/aromatic N) is 4. The van der Waals surface area contributed by atoms with Gasteiger partial charge >= 0.3 is 11.9 Å². The number of carbonyl (C=O) groups is 2. The second kappa shape index (κ2) is 6.66. The minimum absolute atomic E-state index is 0.148. The van der Waals surface area contributed by atoms with E-state index < -0.39 is 11.9 Å². The third-order valence-electron chi connectivity index (χ3n) is 2.78. The van der Waals surface area contributed by atoms with Gasteiger partial charge in [0.1, 0.15) is 24.7 Å². The van der Waals surface area contributed by atoms with E-state index in [1.165, 1.54) is 21.5 Å². The van der Waals surface area contributed by atoms with Crippen molar-refractivity contribution in [3.8, 4) is 0 Å². The number of carboxylic acids is 2. The van der Waals surface area contributed by atoms with Crippen molar-refractivity contribution < 1.29 is 19.8 Å². The Morgan fingerprint density at radius 2 is 1.38 bits per heavy atom. The van der Waals surface area contributed by atoms with E-state index in [1.807, 2.05) is 0 Å². The molecule has 0 bridgehead atoms. The maximum atomic E-state index is 10.7. The van der Waals surface area contributed by atoms with Gasteiger partial charge in [-0.25, -0.2) is 9.97 Å². The molecular weight excluding hydrogens is 278 g/mol. The van der Waals surface area contributed by atoms with Gasteiger partial charge in [0.05, 0.1) is 13.1 Å². The van der Waals surface area contributed by atoms with E-state index >= 15 is 0 Å². The third-order valence-corrected chi connectivity index (χ3v) is 2.78. The molecule has 0 radical (unpaired) electrons. The highest BCUT2D eigenvalue weighted by atomic mass is 16.4. The maximum absolute atomic E-state index is 10.7. The smallest absolute Gasteiger partial charge is 0.323 e. The van der Waals surface area contributed by atoms with Gasteiger partial charge in [0.15, 0.2) is 0 Å². The molecule has 0 saturated heterocycles. The highest BCUT2D eigenvalue weighted by Gasteiger charge is 2.08. The molecule has 21 heavy (non-hydrogen) atoms. The summed E-state index contributed by atoms with van der Waals surface area (Å²) < 4.78 is 3.05. The number of rotatable bonds is 8. The van der Waals surface area contributed by atoms with Crippen molar-refractivity contribution in [1.82, 2.24) is 24.4 Å². The highest BCUT2D eigenvalue weighted by Crippen LogP contribution is 2.00. The van der Waals surface area contributed by atoms with Gasteiger partial charge in [-0.2, -0.15) is 0 Å².